The van der Waals surface area contributed by atoms with E-state index in [-0.39, 0.29) is 0 Å². The van der Waals surface area contributed by atoms with Crippen molar-refractivity contribution in [3.63, 3.8) is 0 Å². The van der Waals surface area contributed by atoms with Crippen molar-refractivity contribution in [1.29, 1.82) is 0 Å². The average molecular weight is 220 g/mol. The van der Waals surface area contributed by atoms with E-state index in [1.807, 2.05) is 0 Å². The Labute approximate surface area is 100.0 Å². The summed E-state index contributed by atoms with van der Waals surface area (Å²) >= 11 is 0. The van der Waals surface area contributed by atoms with Crippen LogP contribution in [0.25, 0.3) is 0 Å². The van der Waals surface area contributed by atoms with E-state index in [0.29, 0.717) is 6.04 Å². The minimum absolute atomic E-state index is 0.363. The smallest absolute Gasteiger partial charge is 0.0709 e. The molecular weight excluding hydrogens is 196 g/mol. The quantitative estimate of drug-likeness (QED) is 0.656. The van der Waals surface area contributed by atoms with E-state index in [2.05, 4.69) is 22.6 Å². The summed E-state index contributed by atoms with van der Waals surface area (Å²) in [6, 6.07) is 1.14. The van der Waals surface area contributed by atoms with Gasteiger partial charge in [0.25, 0.3) is 0 Å². The van der Waals surface area contributed by atoms with Gasteiger partial charge in [-0.2, -0.15) is 0 Å². The van der Waals surface area contributed by atoms with Crippen LogP contribution in [0, 0.1) is 12.3 Å². The molecular formula is C14H24N2. The van der Waals surface area contributed by atoms with Crippen LogP contribution in [0.3, 0.4) is 0 Å². The number of piperidine rings is 1. The highest BCUT2D eigenvalue weighted by Gasteiger charge is 2.28. The first-order valence-electron chi connectivity index (χ1n) is 6.79. The van der Waals surface area contributed by atoms with Crippen molar-refractivity contribution in [3.8, 4) is 12.3 Å². The summed E-state index contributed by atoms with van der Waals surface area (Å²) in [6.45, 7) is 7.18. The van der Waals surface area contributed by atoms with E-state index >= 15 is 0 Å². The molecule has 2 nitrogen and oxygen atoms in total. The van der Waals surface area contributed by atoms with Crippen LogP contribution in [-0.4, -0.2) is 48.1 Å². The van der Waals surface area contributed by atoms with Crippen molar-refractivity contribution < 1.29 is 0 Å². The maximum Gasteiger partial charge on any atom is 0.0709 e. The molecule has 2 fully saturated rings. The summed E-state index contributed by atoms with van der Waals surface area (Å²) in [4.78, 5) is 5.22. The number of fused-ring (bicyclic) bond motifs is 1. The van der Waals surface area contributed by atoms with Crippen LogP contribution in [-0.2, 0) is 0 Å². The summed E-state index contributed by atoms with van der Waals surface area (Å²) in [6.07, 6.45) is 12.2. The van der Waals surface area contributed by atoms with Crippen molar-refractivity contribution in [1.82, 2.24) is 9.80 Å². The summed E-state index contributed by atoms with van der Waals surface area (Å²) < 4.78 is 0. The van der Waals surface area contributed by atoms with Gasteiger partial charge in [-0.1, -0.05) is 19.3 Å². The first-order valence-corrected chi connectivity index (χ1v) is 6.79. The molecule has 0 N–H and O–H groups in total. The molecule has 0 saturated carbocycles. The number of rotatable bonds is 2. The Balaban J connectivity index is 1.99. The second-order valence-corrected chi connectivity index (χ2v) is 5.12. The normalized spacial score (nSPS) is 30.1. The van der Waals surface area contributed by atoms with Gasteiger partial charge in [0.05, 0.1) is 6.04 Å². The Hall–Kier alpha value is -0.520. The Morgan fingerprint density at radius 2 is 2.06 bits per heavy atom. The predicted molar refractivity (Wildman–Crippen MR) is 68.3 cm³/mol. The van der Waals surface area contributed by atoms with Crippen molar-refractivity contribution in [2.75, 3.05) is 26.2 Å². The molecule has 0 aromatic rings. The highest BCUT2D eigenvalue weighted by Crippen LogP contribution is 2.22. The molecule has 0 aromatic heterocycles. The van der Waals surface area contributed by atoms with E-state index in [0.717, 1.165) is 12.5 Å². The Kier molecular flexibility index (Phi) is 4.26. The standard InChI is InChI=1S/C14H24N2/c1-3-13(4-2)16-11-7-10-15-9-6-5-8-14(15)12-16/h1,13-14H,4-12H2,2H3. The van der Waals surface area contributed by atoms with E-state index in [1.54, 1.807) is 0 Å². The lowest BCUT2D eigenvalue weighted by atomic mass is 10.0. The van der Waals surface area contributed by atoms with Gasteiger partial charge in [-0.15, -0.1) is 6.42 Å². The number of hydrogen-bond donors (Lipinski definition) is 0. The molecule has 0 amide bonds. The summed E-state index contributed by atoms with van der Waals surface area (Å²) in [5.41, 5.74) is 0. The zero-order chi connectivity index (χ0) is 11.4. The molecule has 2 aliphatic rings. The number of terminal acetylenes is 1. The lowest BCUT2D eigenvalue weighted by molar-refractivity contribution is 0.129. The van der Waals surface area contributed by atoms with Crippen LogP contribution in [0.2, 0.25) is 0 Å². The molecule has 2 heteroatoms. The third-order valence-corrected chi connectivity index (χ3v) is 4.10. The molecule has 2 aliphatic heterocycles. The number of nitrogens with zero attached hydrogens (tertiary/aromatic N) is 2. The number of hydrogen-bond acceptors (Lipinski definition) is 2. The van der Waals surface area contributed by atoms with Crippen LogP contribution in [0.5, 0.6) is 0 Å². The second-order valence-electron chi connectivity index (χ2n) is 5.12. The molecule has 0 spiro atoms. The Morgan fingerprint density at radius 1 is 1.25 bits per heavy atom. The monoisotopic (exact) mass is 220 g/mol. The Morgan fingerprint density at radius 3 is 2.81 bits per heavy atom. The van der Waals surface area contributed by atoms with Crippen molar-refractivity contribution in [2.24, 2.45) is 0 Å². The molecule has 2 rings (SSSR count). The highest BCUT2D eigenvalue weighted by atomic mass is 15.3. The van der Waals surface area contributed by atoms with Gasteiger partial charge in [0.1, 0.15) is 0 Å². The van der Waals surface area contributed by atoms with Crippen molar-refractivity contribution in [3.05, 3.63) is 0 Å². The SMILES string of the molecule is C#CC(CC)N1CCCN2CCCCC2C1. The Bertz CT molecular complexity index is 256. The molecule has 90 valence electrons. The van der Waals surface area contributed by atoms with Crippen LogP contribution >= 0.6 is 0 Å². The fourth-order valence-corrected chi connectivity index (χ4v) is 3.16. The van der Waals surface area contributed by atoms with Gasteiger partial charge in [-0.25, -0.2) is 0 Å². The van der Waals surface area contributed by atoms with Gasteiger partial charge in [-0.05, 0) is 38.8 Å². The molecule has 2 heterocycles. The van der Waals surface area contributed by atoms with Gasteiger partial charge in [-0.3, -0.25) is 9.80 Å². The maximum atomic E-state index is 5.63. The summed E-state index contributed by atoms with van der Waals surface area (Å²) in [5, 5.41) is 0. The lowest BCUT2D eigenvalue weighted by Crippen LogP contribution is -2.46. The van der Waals surface area contributed by atoms with Gasteiger partial charge >= 0.3 is 0 Å². The van der Waals surface area contributed by atoms with Crippen molar-refractivity contribution in [2.45, 2.75) is 51.1 Å². The zero-order valence-corrected chi connectivity index (χ0v) is 10.5. The average Bonchev–Trinajstić information content (AvgIpc) is 2.53. The minimum Gasteiger partial charge on any atom is -0.299 e. The van der Waals surface area contributed by atoms with Crippen molar-refractivity contribution >= 4 is 0 Å². The molecule has 0 aliphatic carbocycles. The van der Waals surface area contributed by atoms with Crippen LogP contribution in [0.15, 0.2) is 0 Å². The van der Waals surface area contributed by atoms with Crippen LogP contribution in [0.4, 0.5) is 0 Å². The topological polar surface area (TPSA) is 6.48 Å². The summed E-state index contributed by atoms with van der Waals surface area (Å²) in [5.74, 6) is 2.95. The second kappa shape index (κ2) is 5.70. The van der Waals surface area contributed by atoms with E-state index in [4.69, 9.17) is 6.42 Å². The lowest BCUT2D eigenvalue weighted by Gasteiger charge is -2.36. The third-order valence-electron chi connectivity index (χ3n) is 4.10. The molecule has 2 saturated heterocycles. The molecule has 0 radical (unpaired) electrons. The molecule has 0 bridgehead atoms. The zero-order valence-electron chi connectivity index (χ0n) is 10.5. The van der Waals surface area contributed by atoms with E-state index in [9.17, 15) is 0 Å². The first-order chi connectivity index (χ1) is 7.85. The molecule has 2 atom stereocenters. The van der Waals surface area contributed by atoms with Gasteiger partial charge in [0, 0.05) is 19.1 Å². The third kappa shape index (κ3) is 2.59. The van der Waals surface area contributed by atoms with Gasteiger partial charge < -0.3 is 0 Å². The van der Waals surface area contributed by atoms with E-state index in [1.165, 1.54) is 51.9 Å². The van der Waals surface area contributed by atoms with Crippen LogP contribution in [0.1, 0.15) is 39.0 Å². The first kappa shape index (κ1) is 12.0. The molecule has 16 heavy (non-hydrogen) atoms. The van der Waals surface area contributed by atoms with Gasteiger partial charge in [0.15, 0.2) is 0 Å². The predicted octanol–water partition coefficient (Wildman–Crippen LogP) is 1.96. The molecule has 0 aromatic carbocycles. The minimum atomic E-state index is 0.363. The van der Waals surface area contributed by atoms with E-state index < -0.39 is 0 Å². The summed E-state index contributed by atoms with van der Waals surface area (Å²) in [7, 11) is 0. The largest absolute Gasteiger partial charge is 0.299 e. The maximum absolute atomic E-state index is 5.63. The fourth-order valence-electron chi connectivity index (χ4n) is 3.16. The molecule has 2 unspecified atom stereocenters. The van der Waals surface area contributed by atoms with Gasteiger partial charge in [0.2, 0.25) is 0 Å². The fraction of sp³-hybridized carbons (Fsp3) is 0.857. The van der Waals surface area contributed by atoms with Crippen LogP contribution < -0.4 is 0 Å². The highest BCUT2D eigenvalue weighted by molar-refractivity contribution is 5.01.